The lowest BCUT2D eigenvalue weighted by atomic mass is 10.1. The molecule has 1 heterocycles. The fourth-order valence-electron chi connectivity index (χ4n) is 1.46. The lowest BCUT2D eigenvalue weighted by Crippen LogP contribution is -2.18. The zero-order valence-electron chi connectivity index (χ0n) is 8.95. The van der Waals surface area contributed by atoms with Gasteiger partial charge in [-0.25, -0.2) is 0 Å². The van der Waals surface area contributed by atoms with E-state index < -0.39 is 0 Å². The van der Waals surface area contributed by atoms with E-state index in [1.807, 2.05) is 32.0 Å². The summed E-state index contributed by atoms with van der Waals surface area (Å²) in [6.07, 6.45) is 0. The van der Waals surface area contributed by atoms with Crippen LogP contribution in [0.1, 0.15) is 25.5 Å². The molecule has 15 heavy (non-hydrogen) atoms. The lowest BCUT2D eigenvalue weighted by molar-refractivity contribution is 0.0284. The third-order valence-electron chi connectivity index (χ3n) is 2.30. The fraction of sp³-hybridized carbons (Fsp3) is 0.455. The Bertz CT molecular complexity index is 341. The number of fused-ring (bicyclic) bond motifs is 1. The summed E-state index contributed by atoms with van der Waals surface area (Å²) in [4.78, 5) is 5.15. The molecular weight excluding hydrogens is 194 g/mol. The maximum atomic E-state index is 5.30. The summed E-state index contributed by atoms with van der Waals surface area (Å²) >= 11 is 0. The molecule has 0 saturated heterocycles. The maximum absolute atomic E-state index is 5.30. The first-order valence-electron chi connectivity index (χ1n) is 5.08. The number of benzene rings is 1. The van der Waals surface area contributed by atoms with Gasteiger partial charge in [0.05, 0.1) is 12.6 Å². The predicted octanol–water partition coefficient (Wildman–Crippen LogP) is 2.02. The molecule has 1 atom stereocenters. The van der Waals surface area contributed by atoms with Crippen LogP contribution < -0.4 is 15.0 Å². The zero-order chi connectivity index (χ0) is 10.7. The number of hydrogen-bond donors (Lipinski definition) is 1. The minimum atomic E-state index is 0.138. The first kappa shape index (κ1) is 10.3. The van der Waals surface area contributed by atoms with Gasteiger partial charge in [-0.2, -0.15) is 5.48 Å². The maximum Gasteiger partial charge on any atom is 0.231 e. The quantitative estimate of drug-likeness (QED) is 0.770. The first-order chi connectivity index (χ1) is 7.31. The van der Waals surface area contributed by atoms with Gasteiger partial charge in [0.1, 0.15) is 0 Å². The smallest absolute Gasteiger partial charge is 0.231 e. The Morgan fingerprint density at radius 2 is 2.20 bits per heavy atom. The summed E-state index contributed by atoms with van der Waals surface area (Å²) in [5.41, 5.74) is 4.06. The molecule has 0 spiro atoms. The summed E-state index contributed by atoms with van der Waals surface area (Å²) in [7, 11) is 0. The van der Waals surface area contributed by atoms with Gasteiger partial charge in [0, 0.05) is 0 Å². The summed E-state index contributed by atoms with van der Waals surface area (Å²) in [6, 6.07) is 6.03. The van der Waals surface area contributed by atoms with Crippen LogP contribution in [0.4, 0.5) is 0 Å². The van der Waals surface area contributed by atoms with E-state index in [0.717, 1.165) is 17.1 Å². The van der Waals surface area contributed by atoms with Crippen molar-refractivity contribution in [2.75, 3.05) is 13.4 Å². The van der Waals surface area contributed by atoms with Crippen LogP contribution in [0.3, 0.4) is 0 Å². The normalized spacial score (nSPS) is 15.3. The molecule has 4 nitrogen and oxygen atoms in total. The van der Waals surface area contributed by atoms with E-state index in [1.165, 1.54) is 0 Å². The molecule has 0 aliphatic carbocycles. The molecular formula is C11H15NO3. The van der Waals surface area contributed by atoms with Gasteiger partial charge in [0.15, 0.2) is 11.5 Å². The van der Waals surface area contributed by atoms with E-state index in [9.17, 15) is 0 Å². The minimum Gasteiger partial charge on any atom is -0.454 e. The summed E-state index contributed by atoms with van der Waals surface area (Å²) in [6.45, 7) is 4.94. The monoisotopic (exact) mass is 209 g/mol. The Morgan fingerprint density at radius 3 is 3.00 bits per heavy atom. The number of hydroxylamine groups is 1. The molecule has 0 fully saturated rings. The fourth-order valence-corrected chi connectivity index (χ4v) is 1.46. The molecule has 82 valence electrons. The van der Waals surface area contributed by atoms with Gasteiger partial charge in [-0.3, -0.25) is 0 Å². The molecule has 4 heteroatoms. The van der Waals surface area contributed by atoms with Gasteiger partial charge >= 0.3 is 0 Å². The number of hydrogen-bond acceptors (Lipinski definition) is 4. The van der Waals surface area contributed by atoms with Crippen LogP contribution in [0, 0.1) is 0 Å². The minimum absolute atomic E-state index is 0.138. The molecule has 0 bridgehead atoms. The van der Waals surface area contributed by atoms with Gasteiger partial charge in [0.2, 0.25) is 6.79 Å². The molecule has 0 radical (unpaired) electrons. The van der Waals surface area contributed by atoms with Crippen molar-refractivity contribution >= 4 is 0 Å². The zero-order valence-corrected chi connectivity index (χ0v) is 8.95. The van der Waals surface area contributed by atoms with Crippen molar-refractivity contribution < 1.29 is 14.3 Å². The molecule has 2 rings (SSSR count). The predicted molar refractivity (Wildman–Crippen MR) is 55.7 cm³/mol. The molecule has 1 unspecified atom stereocenters. The average Bonchev–Trinajstić information content (AvgIpc) is 2.72. The molecule has 1 aliphatic heterocycles. The van der Waals surface area contributed by atoms with Crippen LogP contribution in [0.25, 0.3) is 0 Å². The van der Waals surface area contributed by atoms with Gasteiger partial charge < -0.3 is 14.3 Å². The summed E-state index contributed by atoms with van der Waals surface area (Å²) < 4.78 is 10.5. The van der Waals surface area contributed by atoms with E-state index >= 15 is 0 Å². The van der Waals surface area contributed by atoms with Gasteiger partial charge in [0.25, 0.3) is 0 Å². The molecule has 1 aliphatic rings. The van der Waals surface area contributed by atoms with Crippen molar-refractivity contribution in [3.63, 3.8) is 0 Å². The highest BCUT2D eigenvalue weighted by atomic mass is 16.7. The second kappa shape index (κ2) is 4.51. The average molecular weight is 209 g/mol. The summed E-state index contributed by atoms with van der Waals surface area (Å²) in [5, 5.41) is 0. The molecule has 1 aromatic carbocycles. The highest BCUT2D eigenvalue weighted by Gasteiger charge is 2.15. The van der Waals surface area contributed by atoms with E-state index in [4.69, 9.17) is 14.3 Å². The third kappa shape index (κ3) is 2.22. The van der Waals surface area contributed by atoms with Gasteiger partial charge in [-0.05, 0) is 31.5 Å². The number of ether oxygens (including phenoxy) is 2. The van der Waals surface area contributed by atoms with Crippen LogP contribution in [0.5, 0.6) is 11.5 Å². The SMILES string of the molecule is CCONC(C)c1ccc2c(c1)OCO2. The first-order valence-corrected chi connectivity index (χ1v) is 5.08. The van der Waals surface area contributed by atoms with Crippen molar-refractivity contribution in [3.05, 3.63) is 23.8 Å². The van der Waals surface area contributed by atoms with Crippen molar-refractivity contribution in [2.45, 2.75) is 19.9 Å². The van der Waals surface area contributed by atoms with Crippen molar-refractivity contribution in [1.82, 2.24) is 5.48 Å². The Hall–Kier alpha value is -1.26. The largest absolute Gasteiger partial charge is 0.454 e. The Morgan fingerprint density at radius 1 is 1.40 bits per heavy atom. The van der Waals surface area contributed by atoms with Crippen molar-refractivity contribution in [2.24, 2.45) is 0 Å². The molecule has 0 aromatic heterocycles. The van der Waals surface area contributed by atoms with Crippen molar-refractivity contribution in [1.29, 1.82) is 0 Å². The van der Waals surface area contributed by atoms with E-state index in [2.05, 4.69) is 5.48 Å². The van der Waals surface area contributed by atoms with Crippen LogP contribution >= 0.6 is 0 Å². The van der Waals surface area contributed by atoms with E-state index in [1.54, 1.807) is 0 Å². The van der Waals surface area contributed by atoms with Gasteiger partial charge in [-0.15, -0.1) is 0 Å². The van der Waals surface area contributed by atoms with Crippen molar-refractivity contribution in [3.8, 4) is 11.5 Å². The lowest BCUT2D eigenvalue weighted by Gasteiger charge is -2.13. The second-order valence-electron chi connectivity index (χ2n) is 3.39. The Balaban J connectivity index is 2.08. The third-order valence-corrected chi connectivity index (χ3v) is 2.30. The van der Waals surface area contributed by atoms with Gasteiger partial charge in [-0.1, -0.05) is 6.07 Å². The van der Waals surface area contributed by atoms with Crippen LogP contribution in [-0.2, 0) is 4.84 Å². The molecule has 1 aromatic rings. The number of rotatable bonds is 4. The topological polar surface area (TPSA) is 39.7 Å². The van der Waals surface area contributed by atoms with E-state index in [-0.39, 0.29) is 6.04 Å². The van der Waals surface area contributed by atoms with Crippen LogP contribution in [0.15, 0.2) is 18.2 Å². The molecule has 1 N–H and O–H groups in total. The Kier molecular flexibility index (Phi) is 3.08. The van der Waals surface area contributed by atoms with E-state index in [0.29, 0.717) is 13.4 Å². The highest BCUT2D eigenvalue weighted by molar-refractivity contribution is 5.45. The molecule has 0 amide bonds. The molecule has 0 saturated carbocycles. The summed E-state index contributed by atoms with van der Waals surface area (Å²) in [5.74, 6) is 1.61. The standard InChI is InChI=1S/C11H15NO3/c1-3-15-12-8(2)9-4-5-10-11(6-9)14-7-13-10/h4-6,8,12H,3,7H2,1-2H3. The highest BCUT2D eigenvalue weighted by Crippen LogP contribution is 2.33. The van der Waals surface area contributed by atoms with Crippen LogP contribution in [-0.4, -0.2) is 13.4 Å². The van der Waals surface area contributed by atoms with Crippen LogP contribution in [0.2, 0.25) is 0 Å². The Labute approximate surface area is 89.1 Å². The number of nitrogens with one attached hydrogen (secondary N) is 1. The second-order valence-corrected chi connectivity index (χ2v) is 3.39.